The van der Waals surface area contributed by atoms with Crippen LogP contribution >= 0.6 is 11.8 Å². The number of hydrogen-bond donors (Lipinski definition) is 1. The number of thioether (sulfide) groups is 1. The zero-order chi connectivity index (χ0) is 34.7. The number of allylic oxidation sites excluding steroid dienone is 2. The first kappa shape index (κ1) is 37.0. The van der Waals surface area contributed by atoms with Gasteiger partial charge in [0.2, 0.25) is 0 Å². The third-order valence-electron chi connectivity index (χ3n) is 10.1. The van der Waals surface area contributed by atoms with Gasteiger partial charge in [0.05, 0.1) is 24.3 Å². The molecule has 262 valence electrons. The SMILES string of the molecule is CSC1OC(CO[Si](c2ccccc2)(c2ccccc2)C(C)(C)C)C(OC2CCCCO2)C(C)C1N=C(C)C1=C(O)CC(C)(C)CC1=O. The van der Waals surface area contributed by atoms with Crippen molar-refractivity contribution in [1.29, 1.82) is 0 Å². The lowest BCUT2D eigenvalue weighted by Crippen LogP contribution is -2.68. The van der Waals surface area contributed by atoms with E-state index >= 15 is 0 Å². The number of Topliss-reactive ketones (excluding diaryl/α,β-unsaturated/α-hetero) is 1. The number of carbonyl (C=O) groups excluding carboxylic acids is 1. The van der Waals surface area contributed by atoms with Crippen molar-refractivity contribution in [3.05, 3.63) is 72.0 Å². The molecule has 3 aliphatic rings. The largest absolute Gasteiger partial charge is 0.511 e. The van der Waals surface area contributed by atoms with Crippen LogP contribution in [0, 0.1) is 11.3 Å². The third kappa shape index (κ3) is 7.87. The molecule has 2 heterocycles. The molecule has 7 nitrogen and oxygen atoms in total. The molecular weight excluding hydrogens is 639 g/mol. The van der Waals surface area contributed by atoms with Crippen molar-refractivity contribution in [3.8, 4) is 0 Å². The van der Waals surface area contributed by atoms with E-state index < -0.39 is 8.32 Å². The molecule has 1 N–H and O–H groups in total. The van der Waals surface area contributed by atoms with E-state index in [0.717, 1.165) is 19.3 Å². The highest BCUT2D eigenvalue weighted by atomic mass is 32.2. The molecular formula is C39H55NO6SSi. The van der Waals surface area contributed by atoms with Gasteiger partial charge in [0.15, 0.2) is 12.1 Å². The minimum absolute atomic E-state index is 0.0601. The van der Waals surface area contributed by atoms with Gasteiger partial charge in [-0.05, 0) is 53.3 Å². The van der Waals surface area contributed by atoms with Crippen LogP contribution in [0.2, 0.25) is 5.04 Å². The molecule has 2 saturated heterocycles. The van der Waals surface area contributed by atoms with E-state index in [1.54, 1.807) is 11.8 Å². The Hall–Kier alpha value is -2.27. The van der Waals surface area contributed by atoms with Crippen molar-refractivity contribution in [2.24, 2.45) is 16.3 Å². The van der Waals surface area contributed by atoms with Gasteiger partial charge >= 0.3 is 0 Å². The Kier molecular flexibility index (Phi) is 11.8. The maximum atomic E-state index is 13.2. The Labute approximate surface area is 293 Å². The van der Waals surface area contributed by atoms with E-state index in [0.29, 0.717) is 37.3 Å². The molecule has 0 aromatic heterocycles. The molecule has 0 bridgehead atoms. The summed E-state index contributed by atoms with van der Waals surface area (Å²) in [6.07, 6.45) is 4.72. The molecule has 2 fully saturated rings. The van der Waals surface area contributed by atoms with Crippen LogP contribution in [0.3, 0.4) is 0 Å². The van der Waals surface area contributed by atoms with E-state index in [2.05, 4.69) is 88.4 Å². The maximum Gasteiger partial charge on any atom is 0.261 e. The van der Waals surface area contributed by atoms with E-state index in [1.165, 1.54) is 10.4 Å². The molecule has 6 unspecified atom stereocenters. The summed E-state index contributed by atoms with van der Waals surface area (Å²) in [5.74, 6) is -0.0139. The van der Waals surface area contributed by atoms with Crippen molar-refractivity contribution in [3.63, 3.8) is 0 Å². The molecule has 1 aliphatic carbocycles. The van der Waals surface area contributed by atoms with Gasteiger partial charge in [0.1, 0.15) is 17.3 Å². The fourth-order valence-corrected chi connectivity index (χ4v) is 13.2. The fourth-order valence-electron chi connectivity index (χ4n) is 7.78. The molecule has 2 aromatic carbocycles. The Morgan fingerprint density at radius 2 is 1.67 bits per heavy atom. The molecule has 0 amide bonds. The Balaban J connectivity index is 1.51. The first-order valence-electron chi connectivity index (χ1n) is 17.5. The van der Waals surface area contributed by atoms with Crippen molar-refractivity contribution in [2.45, 2.75) is 116 Å². The van der Waals surface area contributed by atoms with Gasteiger partial charge in [-0.1, -0.05) is 102 Å². The summed E-state index contributed by atoms with van der Waals surface area (Å²) in [5, 5.41) is 13.2. The number of aliphatic hydroxyl groups excluding tert-OH is 1. The van der Waals surface area contributed by atoms with Crippen LogP contribution in [0.4, 0.5) is 0 Å². The number of ketones is 1. The summed E-state index contributed by atoms with van der Waals surface area (Å²) in [6, 6.07) is 21.0. The van der Waals surface area contributed by atoms with E-state index in [1.807, 2.05) is 27.0 Å². The predicted molar refractivity (Wildman–Crippen MR) is 198 cm³/mol. The highest BCUT2D eigenvalue weighted by Crippen LogP contribution is 2.41. The minimum atomic E-state index is -2.83. The number of aliphatic imine (C=N–C) groups is 1. The van der Waals surface area contributed by atoms with E-state index in [9.17, 15) is 9.90 Å². The second-order valence-electron chi connectivity index (χ2n) is 15.5. The van der Waals surface area contributed by atoms with E-state index in [-0.39, 0.29) is 57.9 Å². The van der Waals surface area contributed by atoms with Crippen LogP contribution in [-0.2, 0) is 23.4 Å². The molecule has 5 rings (SSSR count). The monoisotopic (exact) mass is 693 g/mol. The van der Waals surface area contributed by atoms with Crippen LogP contribution in [0.25, 0.3) is 0 Å². The van der Waals surface area contributed by atoms with Gasteiger partial charge in [0.25, 0.3) is 8.32 Å². The summed E-state index contributed by atoms with van der Waals surface area (Å²) in [7, 11) is -2.83. The van der Waals surface area contributed by atoms with Gasteiger partial charge in [0, 0.05) is 31.1 Å². The summed E-state index contributed by atoms with van der Waals surface area (Å²) >= 11 is 1.61. The highest BCUT2D eigenvalue weighted by Gasteiger charge is 2.52. The van der Waals surface area contributed by atoms with Crippen LogP contribution in [0.15, 0.2) is 77.0 Å². The van der Waals surface area contributed by atoms with Gasteiger partial charge < -0.3 is 23.7 Å². The first-order chi connectivity index (χ1) is 22.8. The third-order valence-corrected chi connectivity index (χ3v) is 16.0. The summed E-state index contributed by atoms with van der Waals surface area (Å²) in [4.78, 5) is 18.4. The van der Waals surface area contributed by atoms with Crippen LogP contribution in [0.5, 0.6) is 0 Å². The fraction of sp³-hybridized carbons (Fsp3) is 0.590. The van der Waals surface area contributed by atoms with Crippen molar-refractivity contribution >= 4 is 41.9 Å². The normalized spacial score (nSPS) is 28.8. The van der Waals surface area contributed by atoms with Gasteiger partial charge in [-0.2, -0.15) is 0 Å². The Morgan fingerprint density at radius 3 is 2.19 bits per heavy atom. The standard InChI is InChI=1S/C39H55NO6SSi/c1-26-35(40-27(2)34-30(41)23-39(6,7)24-31(34)42)37(47-8)45-32(36(26)46-33-21-15-16-22-43-33)25-44-48(38(3,4)5,28-17-11-9-12-18-28)29-19-13-10-14-20-29/h9-14,17-20,26,32-33,35-37,41H,15-16,21-25H2,1-8H3. The number of benzene rings is 2. The second-order valence-corrected chi connectivity index (χ2v) is 20.7. The first-order valence-corrected chi connectivity index (χ1v) is 20.7. The molecule has 48 heavy (non-hydrogen) atoms. The van der Waals surface area contributed by atoms with Gasteiger partial charge in [-0.25, -0.2) is 0 Å². The average molecular weight is 694 g/mol. The van der Waals surface area contributed by atoms with Crippen molar-refractivity contribution in [2.75, 3.05) is 19.5 Å². The minimum Gasteiger partial charge on any atom is -0.511 e. The van der Waals surface area contributed by atoms with E-state index in [4.69, 9.17) is 23.6 Å². The second kappa shape index (κ2) is 15.3. The number of carbonyl (C=O) groups is 1. The summed E-state index contributed by atoms with van der Waals surface area (Å²) < 4.78 is 27.2. The van der Waals surface area contributed by atoms with Crippen molar-refractivity contribution in [1.82, 2.24) is 0 Å². The molecule has 2 aromatic rings. The molecule has 2 aliphatic heterocycles. The molecule has 9 heteroatoms. The summed E-state index contributed by atoms with van der Waals surface area (Å²) in [6.45, 7) is 15.9. The predicted octanol–water partition coefficient (Wildman–Crippen LogP) is 7.23. The van der Waals surface area contributed by atoms with Gasteiger partial charge in [-0.3, -0.25) is 9.79 Å². The average Bonchev–Trinajstić information content (AvgIpc) is 3.04. The molecule has 0 spiro atoms. The van der Waals surface area contributed by atoms with Crippen LogP contribution in [0.1, 0.15) is 80.6 Å². The summed E-state index contributed by atoms with van der Waals surface area (Å²) in [5.41, 5.74) is 0.340. The highest BCUT2D eigenvalue weighted by molar-refractivity contribution is 7.99. The lowest BCUT2D eigenvalue weighted by atomic mass is 9.75. The number of nitrogens with zero attached hydrogens (tertiary/aromatic N) is 1. The smallest absolute Gasteiger partial charge is 0.261 e. The quantitative estimate of drug-likeness (QED) is 0.208. The number of ether oxygens (including phenoxy) is 3. The Bertz CT molecular complexity index is 1410. The van der Waals surface area contributed by atoms with Crippen molar-refractivity contribution < 1.29 is 28.5 Å². The van der Waals surface area contributed by atoms with Crippen LogP contribution < -0.4 is 10.4 Å². The lowest BCUT2D eigenvalue weighted by molar-refractivity contribution is -0.245. The lowest BCUT2D eigenvalue weighted by Gasteiger charge is -2.48. The van der Waals surface area contributed by atoms with Gasteiger partial charge in [-0.15, -0.1) is 11.8 Å². The molecule has 0 radical (unpaired) electrons. The molecule has 0 saturated carbocycles. The number of rotatable bonds is 10. The zero-order valence-corrected chi connectivity index (χ0v) is 31.8. The Morgan fingerprint density at radius 1 is 1.04 bits per heavy atom. The number of hydrogen-bond acceptors (Lipinski definition) is 8. The maximum absolute atomic E-state index is 13.2. The molecule has 6 atom stereocenters. The number of aliphatic hydroxyl groups is 1. The van der Waals surface area contributed by atoms with Crippen LogP contribution in [-0.4, -0.2) is 74.4 Å². The zero-order valence-electron chi connectivity index (χ0n) is 30.0. The topological polar surface area (TPSA) is 86.6 Å².